The fourth-order valence-corrected chi connectivity index (χ4v) is 5.08. The first-order valence-electron chi connectivity index (χ1n) is 10.3. The number of anilines is 1. The van der Waals surface area contributed by atoms with E-state index in [2.05, 4.69) is 51.3 Å². The van der Waals surface area contributed by atoms with Gasteiger partial charge in [-0.15, -0.1) is 0 Å². The average molecular weight is 364 g/mol. The van der Waals surface area contributed by atoms with Crippen LogP contribution in [0.5, 0.6) is 0 Å². The van der Waals surface area contributed by atoms with Crippen molar-refractivity contribution in [2.75, 3.05) is 25.0 Å². The molecule has 1 saturated carbocycles. The van der Waals surface area contributed by atoms with Crippen molar-refractivity contribution in [1.29, 1.82) is 0 Å². The number of carbonyl (C=O) groups is 1. The third-order valence-corrected chi connectivity index (χ3v) is 6.60. The number of hydrogen-bond donors (Lipinski definition) is 1. The van der Waals surface area contributed by atoms with E-state index in [4.69, 9.17) is 0 Å². The molecule has 142 valence electrons. The van der Waals surface area contributed by atoms with Crippen molar-refractivity contribution >= 4 is 22.5 Å². The number of fused-ring (bicyclic) bond motifs is 2. The Kier molecular flexibility index (Phi) is 4.27. The lowest BCUT2D eigenvalue weighted by molar-refractivity contribution is -0.134. The summed E-state index contributed by atoms with van der Waals surface area (Å²) < 4.78 is 0. The Balaban J connectivity index is 1.16. The molecule has 3 heterocycles. The second-order valence-electron chi connectivity index (χ2n) is 8.52. The van der Waals surface area contributed by atoms with Gasteiger partial charge < -0.3 is 10.2 Å². The van der Waals surface area contributed by atoms with Gasteiger partial charge in [0.05, 0.1) is 12.1 Å². The first-order valence-corrected chi connectivity index (χ1v) is 10.3. The van der Waals surface area contributed by atoms with Crippen LogP contribution in [0.25, 0.3) is 10.9 Å². The Morgan fingerprint density at radius 1 is 1.19 bits per heavy atom. The van der Waals surface area contributed by atoms with Gasteiger partial charge in [0.25, 0.3) is 0 Å². The van der Waals surface area contributed by atoms with E-state index in [1.807, 2.05) is 12.3 Å². The molecule has 1 aromatic carbocycles. The van der Waals surface area contributed by atoms with Crippen LogP contribution in [0.2, 0.25) is 0 Å². The molecule has 2 saturated heterocycles. The molecule has 5 rings (SSSR count). The second-order valence-corrected chi connectivity index (χ2v) is 8.52. The Morgan fingerprint density at radius 2 is 2.00 bits per heavy atom. The van der Waals surface area contributed by atoms with Gasteiger partial charge in [0.15, 0.2) is 0 Å². The number of rotatable bonds is 4. The fraction of sp³-hybridized carbons (Fsp3) is 0.545. The van der Waals surface area contributed by atoms with Gasteiger partial charge in [-0.2, -0.15) is 0 Å². The third kappa shape index (κ3) is 3.29. The lowest BCUT2D eigenvalue weighted by atomic mass is 10.0. The van der Waals surface area contributed by atoms with E-state index in [9.17, 15) is 4.79 Å². The molecule has 0 radical (unpaired) electrons. The molecule has 5 nitrogen and oxygen atoms in total. The number of para-hydroxylation sites is 1. The molecule has 27 heavy (non-hydrogen) atoms. The minimum atomic E-state index is 0.346. The van der Waals surface area contributed by atoms with Crippen LogP contribution < -0.4 is 5.32 Å². The van der Waals surface area contributed by atoms with Gasteiger partial charge >= 0.3 is 0 Å². The first-order chi connectivity index (χ1) is 13.2. The summed E-state index contributed by atoms with van der Waals surface area (Å²) in [6.07, 6.45) is 6.47. The minimum absolute atomic E-state index is 0.346. The molecule has 1 aliphatic carbocycles. The normalized spacial score (nSPS) is 28.3. The molecule has 1 amide bonds. The molecule has 2 aromatic rings. The Bertz CT molecular complexity index is 838. The van der Waals surface area contributed by atoms with E-state index in [-0.39, 0.29) is 0 Å². The van der Waals surface area contributed by atoms with Gasteiger partial charge in [0.2, 0.25) is 5.91 Å². The number of nitrogens with one attached hydrogen (secondary N) is 1. The molecule has 5 heteroatoms. The zero-order valence-corrected chi connectivity index (χ0v) is 16.0. The van der Waals surface area contributed by atoms with Gasteiger partial charge in [-0.1, -0.05) is 18.2 Å². The monoisotopic (exact) mass is 364 g/mol. The van der Waals surface area contributed by atoms with E-state index in [0.29, 0.717) is 30.6 Å². The lowest BCUT2D eigenvalue weighted by Gasteiger charge is -2.34. The minimum Gasteiger partial charge on any atom is -0.382 e. The molecule has 1 aromatic heterocycles. The number of pyridine rings is 1. The summed E-state index contributed by atoms with van der Waals surface area (Å²) in [5.41, 5.74) is 2.20. The number of hydrogen-bond acceptors (Lipinski definition) is 4. The van der Waals surface area contributed by atoms with Crippen molar-refractivity contribution in [3.8, 4) is 0 Å². The molecule has 3 fully saturated rings. The first kappa shape index (κ1) is 17.0. The van der Waals surface area contributed by atoms with Crippen molar-refractivity contribution in [3.63, 3.8) is 0 Å². The van der Waals surface area contributed by atoms with Gasteiger partial charge in [-0.3, -0.25) is 14.7 Å². The molecular weight excluding hydrogens is 336 g/mol. The van der Waals surface area contributed by atoms with Crippen LogP contribution in [0.1, 0.15) is 32.6 Å². The molecule has 0 bridgehead atoms. The standard InChI is InChI=1S/C22H28N4O/c1-15-12-16-13-21(16)26(15)22(27)14-25-10-7-17(8-11-25)24-20-6-9-23-19-5-3-2-4-18(19)20/h2-6,9,15-17,21H,7-8,10-14H2,1H3,(H,23,24)/t15-,16-,21?/m1/s1. The van der Waals surface area contributed by atoms with Crippen LogP contribution in [0.4, 0.5) is 5.69 Å². The van der Waals surface area contributed by atoms with Crippen LogP contribution in [0.3, 0.4) is 0 Å². The van der Waals surface area contributed by atoms with Crippen molar-refractivity contribution in [3.05, 3.63) is 36.5 Å². The third-order valence-electron chi connectivity index (χ3n) is 6.60. The summed E-state index contributed by atoms with van der Waals surface area (Å²) in [6.45, 7) is 4.78. The SMILES string of the molecule is C[C@@H]1C[C@@H]2CC2N1C(=O)CN1CCC(Nc2ccnc3ccccc23)CC1. The summed E-state index contributed by atoms with van der Waals surface area (Å²) in [7, 11) is 0. The molecule has 3 atom stereocenters. The molecule has 2 aliphatic heterocycles. The van der Waals surface area contributed by atoms with E-state index in [1.165, 1.54) is 23.9 Å². The Morgan fingerprint density at radius 3 is 2.78 bits per heavy atom. The fourth-order valence-electron chi connectivity index (χ4n) is 5.08. The highest BCUT2D eigenvalue weighted by Crippen LogP contribution is 2.47. The highest BCUT2D eigenvalue weighted by molar-refractivity contribution is 5.91. The van der Waals surface area contributed by atoms with Gasteiger partial charge in [-0.05, 0) is 50.7 Å². The lowest BCUT2D eigenvalue weighted by Crippen LogP contribution is -2.47. The number of likely N-dealkylation sites (tertiary alicyclic amines) is 2. The average Bonchev–Trinajstić information content (AvgIpc) is 3.34. The number of benzene rings is 1. The van der Waals surface area contributed by atoms with Crippen LogP contribution in [0.15, 0.2) is 36.5 Å². The number of amides is 1. The molecular formula is C22H28N4O. The van der Waals surface area contributed by atoms with Gasteiger partial charge in [-0.25, -0.2) is 0 Å². The van der Waals surface area contributed by atoms with Gasteiger partial charge in [0, 0.05) is 48.5 Å². The summed E-state index contributed by atoms with van der Waals surface area (Å²) in [5, 5.41) is 4.89. The summed E-state index contributed by atoms with van der Waals surface area (Å²) in [6, 6.07) is 11.8. The van der Waals surface area contributed by atoms with Crippen molar-refractivity contribution in [2.24, 2.45) is 5.92 Å². The van der Waals surface area contributed by atoms with E-state index >= 15 is 0 Å². The summed E-state index contributed by atoms with van der Waals surface area (Å²) in [4.78, 5) is 21.7. The van der Waals surface area contributed by atoms with Crippen molar-refractivity contribution in [2.45, 2.75) is 50.7 Å². The maximum absolute atomic E-state index is 12.7. The molecule has 1 N–H and O–H groups in total. The van der Waals surface area contributed by atoms with Crippen LogP contribution in [-0.4, -0.2) is 58.5 Å². The Hall–Kier alpha value is -2.14. The van der Waals surface area contributed by atoms with Crippen LogP contribution in [0, 0.1) is 5.92 Å². The van der Waals surface area contributed by atoms with Crippen LogP contribution in [-0.2, 0) is 4.79 Å². The second kappa shape index (κ2) is 6.79. The molecule has 1 unspecified atom stereocenters. The number of carbonyl (C=O) groups excluding carboxylic acids is 1. The quantitative estimate of drug-likeness (QED) is 0.906. The number of piperidine rings is 2. The predicted molar refractivity (Wildman–Crippen MR) is 108 cm³/mol. The summed E-state index contributed by atoms with van der Waals surface area (Å²) >= 11 is 0. The summed E-state index contributed by atoms with van der Waals surface area (Å²) in [5.74, 6) is 1.15. The zero-order valence-electron chi connectivity index (χ0n) is 16.0. The van der Waals surface area contributed by atoms with Crippen molar-refractivity contribution < 1.29 is 4.79 Å². The molecule has 0 spiro atoms. The van der Waals surface area contributed by atoms with Crippen molar-refractivity contribution in [1.82, 2.24) is 14.8 Å². The number of nitrogens with zero attached hydrogens (tertiary/aromatic N) is 3. The number of aromatic nitrogens is 1. The molecule has 3 aliphatic rings. The smallest absolute Gasteiger partial charge is 0.237 e. The zero-order chi connectivity index (χ0) is 18.4. The van der Waals surface area contributed by atoms with Crippen LogP contribution >= 0.6 is 0 Å². The maximum atomic E-state index is 12.7. The van der Waals surface area contributed by atoms with E-state index in [0.717, 1.165) is 37.4 Å². The Labute approximate surface area is 160 Å². The topological polar surface area (TPSA) is 48.5 Å². The van der Waals surface area contributed by atoms with Gasteiger partial charge in [0.1, 0.15) is 0 Å². The highest BCUT2D eigenvalue weighted by atomic mass is 16.2. The predicted octanol–water partition coefficient (Wildman–Crippen LogP) is 3.12. The van der Waals surface area contributed by atoms with E-state index in [1.54, 1.807) is 0 Å². The highest BCUT2D eigenvalue weighted by Gasteiger charge is 2.52. The van der Waals surface area contributed by atoms with E-state index < -0.39 is 0 Å². The maximum Gasteiger partial charge on any atom is 0.237 e. The largest absolute Gasteiger partial charge is 0.382 e.